The lowest BCUT2D eigenvalue weighted by Crippen LogP contribution is -2.27. The van der Waals surface area contributed by atoms with Gasteiger partial charge in [-0.15, -0.1) is 0 Å². The van der Waals surface area contributed by atoms with E-state index in [0.717, 1.165) is 23.0 Å². The molecule has 5 nitrogen and oxygen atoms in total. The first-order valence-electron chi connectivity index (χ1n) is 6.96. The molecule has 0 saturated carbocycles. The smallest absolute Gasteiger partial charge is 0.344 e. The summed E-state index contributed by atoms with van der Waals surface area (Å²) in [4.78, 5) is 11.2. The lowest BCUT2D eigenvalue weighted by Gasteiger charge is -2.18. The molecular formula is C15H22BrNO4. The van der Waals surface area contributed by atoms with Gasteiger partial charge in [-0.1, -0.05) is 29.3 Å². The molecule has 0 bridgehead atoms. The van der Waals surface area contributed by atoms with Crippen molar-refractivity contribution in [3.63, 3.8) is 0 Å². The second-order valence-electron chi connectivity index (χ2n) is 4.66. The molecule has 1 aromatic carbocycles. The van der Waals surface area contributed by atoms with Gasteiger partial charge in [-0.05, 0) is 24.6 Å². The van der Waals surface area contributed by atoms with Gasteiger partial charge in [-0.25, -0.2) is 4.79 Å². The van der Waals surface area contributed by atoms with Crippen molar-refractivity contribution in [1.82, 2.24) is 5.32 Å². The number of halogens is 1. The summed E-state index contributed by atoms with van der Waals surface area (Å²) in [5.41, 5.74) is 0.919. The Bertz CT molecular complexity index is 453. The molecule has 1 atom stereocenters. The molecule has 0 aromatic heterocycles. The molecule has 0 spiro atoms. The van der Waals surface area contributed by atoms with Crippen LogP contribution in [-0.4, -0.2) is 37.4 Å². The molecule has 0 amide bonds. The predicted octanol–water partition coefficient (Wildman–Crippen LogP) is 2.82. The molecule has 2 N–H and O–H groups in total. The number of rotatable bonds is 10. The number of ether oxygens (including phenoxy) is 2. The van der Waals surface area contributed by atoms with Crippen LogP contribution in [-0.2, 0) is 16.1 Å². The minimum atomic E-state index is -0.932. The van der Waals surface area contributed by atoms with Crippen molar-refractivity contribution in [2.45, 2.75) is 32.4 Å². The summed E-state index contributed by atoms with van der Waals surface area (Å²) < 4.78 is 11.6. The highest BCUT2D eigenvalue weighted by Gasteiger charge is 2.19. The van der Waals surface area contributed by atoms with E-state index in [4.69, 9.17) is 9.47 Å². The molecule has 1 rings (SSSR count). The Labute approximate surface area is 133 Å². The van der Waals surface area contributed by atoms with E-state index in [-0.39, 0.29) is 0 Å². The molecule has 1 aromatic rings. The van der Waals surface area contributed by atoms with Gasteiger partial charge in [-0.2, -0.15) is 0 Å². The van der Waals surface area contributed by atoms with E-state index < -0.39 is 12.1 Å². The molecule has 0 saturated heterocycles. The summed E-state index contributed by atoms with van der Waals surface area (Å²) in [7, 11) is 1.65. The maximum absolute atomic E-state index is 11.2. The maximum atomic E-state index is 11.2. The van der Waals surface area contributed by atoms with E-state index in [1.165, 1.54) is 0 Å². The van der Waals surface area contributed by atoms with Crippen molar-refractivity contribution >= 4 is 21.9 Å². The summed E-state index contributed by atoms with van der Waals surface area (Å²) in [6.45, 7) is 3.88. The number of benzene rings is 1. The van der Waals surface area contributed by atoms with Crippen LogP contribution in [0.25, 0.3) is 0 Å². The Balaban J connectivity index is 2.77. The summed E-state index contributed by atoms with van der Waals surface area (Å²) >= 11 is 3.42. The lowest BCUT2D eigenvalue weighted by molar-refractivity contribution is -0.145. The molecule has 0 aliphatic heterocycles. The van der Waals surface area contributed by atoms with Crippen molar-refractivity contribution < 1.29 is 19.4 Å². The van der Waals surface area contributed by atoms with Crippen LogP contribution in [0.4, 0.5) is 0 Å². The Morgan fingerprint density at radius 1 is 1.48 bits per heavy atom. The molecule has 0 radical (unpaired) electrons. The van der Waals surface area contributed by atoms with Crippen molar-refractivity contribution in [3.8, 4) is 5.75 Å². The number of hydrogen-bond acceptors (Lipinski definition) is 4. The Morgan fingerprint density at radius 2 is 2.24 bits per heavy atom. The van der Waals surface area contributed by atoms with Crippen LogP contribution in [0.1, 0.15) is 25.3 Å². The average molecular weight is 360 g/mol. The highest BCUT2D eigenvalue weighted by molar-refractivity contribution is 9.10. The van der Waals surface area contributed by atoms with E-state index in [0.29, 0.717) is 25.3 Å². The molecule has 21 heavy (non-hydrogen) atoms. The van der Waals surface area contributed by atoms with Crippen molar-refractivity contribution in [3.05, 3.63) is 28.2 Å². The first-order chi connectivity index (χ1) is 10.1. The molecular weight excluding hydrogens is 338 g/mol. The lowest BCUT2D eigenvalue weighted by atomic mass is 10.1. The molecule has 0 aliphatic rings. The number of carbonyl (C=O) groups is 1. The van der Waals surface area contributed by atoms with E-state index in [2.05, 4.69) is 21.2 Å². The highest BCUT2D eigenvalue weighted by atomic mass is 79.9. The zero-order valence-corrected chi connectivity index (χ0v) is 14.0. The Hall–Kier alpha value is -1.11. The van der Waals surface area contributed by atoms with Gasteiger partial charge in [0.05, 0.1) is 6.61 Å². The number of aliphatic carboxylic acids is 1. The van der Waals surface area contributed by atoms with Gasteiger partial charge >= 0.3 is 5.97 Å². The number of nitrogens with one attached hydrogen (secondary N) is 1. The normalized spacial score (nSPS) is 12.1. The monoisotopic (exact) mass is 359 g/mol. The SMILES string of the molecule is CCCC(Oc1ccc(Br)cc1CNCCOC)C(=O)O. The Kier molecular flexibility index (Phi) is 8.34. The topological polar surface area (TPSA) is 67.8 Å². The Morgan fingerprint density at radius 3 is 2.86 bits per heavy atom. The van der Waals surface area contributed by atoms with Gasteiger partial charge in [0.1, 0.15) is 5.75 Å². The minimum absolute atomic E-state index is 0.488. The number of carboxylic acids is 1. The molecule has 0 fully saturated rings. The van der Waals surface area contributed by atoms with Crippen molar-refractivity contribution in [2.75, 3.05) is 20.3 Å². The van der Waals surface area contributed by atoms with Gasteiger partial charge in [0, 0.05) is 30.2 Å². The van der Waals surface area contributed by atoms with Crippen LogP contribution in [0.3, 0.4) is 0 Å². The van der Waals surface area contributed by atoms with E-state index >= 15 is 0 Å². The molecule has 6 heteroatoms. The largest absolute Gasteiger partial charge is 0.479 e. The van der Waals surface area contributed by atoms with E-state index in [9.17, 15) is 9.90 Å². The first-order valence-corrected chi connectivity index (χ1v) is 7.75. The number of carboxylic acid groups (broad SMARTS) is 1. The van der Waals surface area contributed by atoms with Gasteiger partial charge in [0.15, 0.2) is 6.10 Å². The third-order valence-corrected chi connectivity index (χ3v) is 3.41. The summed E-state index contributed by atoms with van der Waals surface area (Å²) in [6, 6.07) is 5.57. The van der Waals surface area contributed by atoms with Gasteiger partial charge in [0.25, 0.3) is 0 Å². The van der Waals surface area contributed by atoms with Crippen molar-refractivity contribution in [2.24, 2.45) is 0 Å². The van der Waals surface area contributed by atoms with E-state index in [1.807, 2.05) is 19.1 Å². The minimum Gasteiger partial charge on any atom is -0.479 e. The zero-order valence-electron chi connectivity index (χ0n) is 12.4. The summed E-state index contributed by atoms with van der Waals surface area (Å²) in [6.07, 6.45) is 0.436. The summed E-state index contributed by atoms with van der Waals surface area (Å²) in [5.74, 6) is -0.331. The standard InChI is InChI=1S/C15H22BrNO4/c1-3-4-14(15(18)19)21-13-6-5-12(16)9-11(13)10-17-7-8-20-2/h5-6,9,14,17H,3-4,7-8,10H2,1-2H3,(H,18,19). The molecule has 0 heterocycles. The van der Waals surface area contributed by atoms with Crippen LogP contribution in [0, 0.1) is 0 Å². The van der Waals surface area contributed by atoms with Crippen LogP contribution < -0.4 is 10.1 Å². The van der Waals surface area contributed by atoms with Crippen LogP contribution in [0.15, 0.2) is 22.7 Å². The highest BCUT2D eigenvalue weighted by Crippen LogP contribution is 2.25. The second-order valence-corrected chi connectivity index (χ2v) is 5.57. The number of methoxy groups -OCH3 is 1. The molecule has 118 valence electrons. The fourth-order valence-corrected chi connectivity index (χ4v) is 2.26. The van der Waals surface area contributed by atoms with Crippen LogP contribution in [0.5, 0.6) is 5.75 Å². The fraction of sp³-hybridized carbons (Fsp3) is 0.533. The average Bonchev–Trinajstić information content (AvgIpc) is 2.45. The molecule has 0 aliphatic carbocycles. The predicted molar refractivity (Wildman–Crippen MR) is 84.7 cm³/mol. The van der Waals surface area contributed by atoms with Crippen molar-refractivity contribution in [1.29, 1.82) is 0 Å². The quantitative estimate of drug-likeness (QED) is 0.628. The third-order valence-electron chi connectivity index (χ3n) is 2.92. The number of hydrogen-bond donors (Lipinski definition) is 2. The molecule has 1 unspecified atom stereocenters. The van der Waals surface area contributed by atoms with E-state index in [1.54, 1.807) is 13.2 Å². The first kappa shape index (κ1) is 17.9. The summed E-state index contributed by atoms with van der Waals surface area (Å²) in [5, 5.41) is 12.4. The van der Waals surface area contributed by atoms with Crippen LogP contribution in [0.2, 0.25) is 0 Å². The van der Waals surface area contributed by atoms with Gasteiger partial charge in [-0.3, -0.25) is 0 Å². The van der Waals surface area contributed by atoms with Crippen LogP contribution >= 0.6 is 15.9 Å². The maximum Gasteiger partial charge on any atom is 0.344 e. The second kappa shape index (κ2) is 9.76. The fourth-order valence-electron chi connectivity index (χ4n) is 1.85. The van der Waals surface area contributed by atoms with Gasteiger partial charge < -0.3 is 19.9 Å². The third kappa shape index (κ3) is 6.46. The zero-order chi connectivity index (χ0) is 15.7. The van der Waals surface area contributed by atoms with Gasteiger partial charge in [0.2, 0.25) is 0 Å².